The molecule has 0 fully saturated rings. The first-order valence-electron chi connectivity index (χ1n) is 7.98. The molecule has 2 aromatic carbocycles. The molecule has 7 heteroatoms. The maximum Gasteiger partial charge on any atom is 0.224 e. The molecule has 0 unspecified atom stereocenters. The number of hydrogen-bond acceptors (Lipinski definition) is 5. The van der Waals surface area contributed by atoms with Crippen molar-refractivity contribution >= 4 is 17.4 Å². The fourth-order valence-electron chi connectivity index (χ4n) is 2.79. The van der Waals surface area contributed by atoms with Gasteiger partial charge in [0.1, 0.15) is 6.54 Å². The van der Waals surface area contributed by atoms with E-state index in [0.29, 0.717) is 24.2 Å². The molecule has 25 heavy (non-hydrogen) atoms. The summed E-state index contributed by atoms with van der Waals surface area (Å²) in [7, 11) is 0. The molecular formula is C18H15N5O2. The highest BCUT2D eigenvalue weighted by Crippen LogP contribution is 2.24. The van der Waals surface area contributed by atoms with Crippen LogP contribution in [0.1, 0.15) is 22.3 Å². The summed E-state index contributed by atoms with van der Waals surface area (Å²) in [4.78, 5) is 25.2. The number of benzene rings is 2. The number of nitrogens with one attached hydrogen (secondary N) is 1. The Morgan fingerprint density at radius 3 is 2.80 bits per heavy atom. The first-order chi connectivity index (χ1) is 12.2. The first-order valence-corrected chi connectivity index (χ1v) is 7.98. The fraction of sp³-hybridized carbons (Fsp3) is 0.167. The Balaban J connectivity index is 1.51. The number of Topliss-reactive ketones (excluding diaryl/α,β-unsaturated/α-hetero) is 1. The van der Waals surface area contributed by atoms with Crippen LogP contribution in [0.2, 0.25) is 0 Å². The molecule has 0 spiro atoms. The maximum absolute atomic E-state index is 12.5. The van der Waals surface area contributed by atoms with E-state index in [1.807, 2.05) is 36.4 Å². The predicted molar refractivity (Wildman–Crippen MR) is 91.0 cm³/mol. The average molecular weight is 333 g/mol. The summed E-state index contributed by atoms with van der Waals surface area (Å²) in [6, 6.07) is 14.8. The zero-order valence-corrected chi connectivity index (χ0v) is 13.3. The van der Waals surface area contributed by atoms with Crippen molar-refractivity contribution in [2.24, 2.45) is 0 Å². The van der Waals surface area contributed by atoms with Gasteiger partial charge in [0.05, 0.1) is 0 Å². The minimum Gasteiger partial charge on any atom is -0.326 e. The van der Waals surface area contributed by atoms with Crippen molar-refractivity contribution in [3.05, 3.63) is 59.7 Å². The predicted octanol–water partition coefficient (Wildman–Crippen LogP) is 2.11. The third kappa shape index (κ3) is 3.16. The van der Waals surface area contributed by atoms with Crippen LogP contribution in [0.5, 0.6) is 0 Å². The number of fused-ring (bicyclic) bond motifs is 1. The van der Waals surface area contributed by atoms with Gasteiger partial charge in [-0.15, -0.1) is 10.2 Å². The summed E-state index contributed by atoms with van der Waals surface area (Å²) in [5.41, 5.74) is 3.18. The molecule has 1 amide bonds. The summed E-state index contributed by atoms with van der Waals surface area (Å²) < 4.78 is 0. The van der Waals surface area contributed by atoms with Crippen molar-refractivity contribution in [1.29, 1.82) is 0 Å². The van der Waals surface area contributed by atoms with Crippen LogP contribution >= 0.6 is 0 Å². The molecule has 4 rings (SSSR count). The van der Waals surface area contributed by atoms with E-state index >= 15 is 0 Å². The first kappa shape index (κ1) is 15.2. The minimum atomic E-state index is -0.100. The molecule has 0 radical (unpaired) electrons. The number of nitrogens with zero attached hydrogens (tertiary/aromatic N) is 4. The van der Waals surface area contributed by atoms with E-state index in [1.54, 1.807) is 12.1 Å². The van der Waals surface area contributed by atoms with Crippen LogP contribution in [-0.2, 0) is 17.8 Å². The van der Waals surface area contributed by atoms with E-state index in [-0.39, 0.29) is 18.2 Å². The van der Waals surface area contributed by atoms with Gasteiger partial charge in [-0.1, -0.05) is 30.3 Å². The third-order valence-electron chi connectivity index (χ3n) is 4.09. The highest BCUT2D eigenvalue weighted by Gasteiger charge is 2.17. The van der Waals surface area contributed by atoms with E-state index in [2.05, 4.69) is 20.7 Å². The summed E-state index contributed by atoms with van der Waals surface area (Å²) in [6.45, 7) is 0.0188. The van der Waals surface area contributed by atoms with Gasteiger partial charge in [0.2, 0.25) is 11.7 Å². The standard InChI is InChI=1S/C18H15N5O2/c24-16(14-6-8-15-13(10-14)7-9-17(25)19-15)11-23-21-18(20-22-23)12-4-2-1-3-5-12/h1-6,8,10H,7,9,11H2,(H,19,25). The number of hydrogen-bond donors (Lipinski definition) is 1. The second-order valence-corrected chi connectivity index (χ2v) is 5.85. The number of aromatic nitrogens is 4. The molecule has 0 bridgehead atoms. The Kier molecular flexibility index (Phi) is 3.81. The molecule has 1 aliphatic heterocycles. The Labute approximate surface area is 143 Å². The van der Waals surface area contributed by atoms with Gasteiger partial charge in [0.25, 0.3) is 0 Å². The average Bonchev–Trinajstić information content (AvgIpc) is 3.10. The summed E-state index contributed by atoms with van der Waals surface area (Å²) in [5.74, 6) is 0.394. The van der Waals surface area contributed by atoms with Crippen molar-refractivity contribution in [2.75, 3.05) is 5.32 Å². The maximum atomic E-state index is 12.5. The lowest BCUT2D eigenvalue weighted by molar-refractivity contribution is -0.116. The normalized spacial score (nSPS) is 13.2. The molecule has 0 aliphatic carbocycles. The highest BCUT2D eigenvalue weighted by atomic mass is 16.1. The Hall–Kier alpha value is -3.35. The molecule has 7 nitrogen and oxygen atoms in total. The molecule has 124 valence electrons. The SMILES string of the molecule is O=C1CCc2cc(C(=O)Cn3nnc(-c4ccccc4)n3)ccc2N1. The number of carbonyl (C=O) groups excluding carboxylic acids is 2. The molecule has 2 heterocycles. The van der Waals surface area contributed by atoms with E-state index in [9.17, 15) is 9.59 Å². The van der Waals surface area contributed by atoms with Gasteiger partial charge in [-0.25, -0.2) is 0 Å². The highest BCUT2D eigenvalue weighted by molar-refractivity contribution is 5.98. The van der Waals surface area contributed by atoms with Crippen molar-refractivity contribution in [3.63, 3.8) is 0 Å². The lowest BCUT2D eigenvalue weighted by atomic mass is 9.99. The lowest BCUT2D eigenvalue weighted by Crippen LogP contribution is -2.20. The van der Waals surface area contributed by atoms with Gasteiger partial charge in [-0.05, 0) is 35.4 Å². The monoisotopic (exact) mass is 333 g/mol. The van der Waals surface area contributed by atoms with Crippen molar-refractivity contribution in [2.45, 2.75) is 19.4 Å². The second-order valence-electron chi connectivity index (χ2n) is 5.85. The molecule has 0 saturated carbocycles. The minimum absolute atomic E-state index is 0.00633. The van der Waals surface area contributed by atoms with Gasteiger partial charge in [0, 0.05) is 23.2 Å². The van der Waals surface area contributed by atoms with Gasteiger partial charge >= 0.3 is 0 Å². The molecule has 0 atom stereocenters. The van der Waals surface area contributed by atoms with Gasteiger partial charge in [-0.3, -0.25) is 9.59 Å². The molecular weight excluding hydrogens is 318 g/mol. The zero-order chi connectivity index (χ0) is 17.2. The number of rotatable bonds is 4. The van der Waals surface area contributed by atoms with Crippen molar-refractivity contribution < 1.29 is 9.59 Å². The van der Waals surface area contributed by atoms with Crippen LogP contribution in [0, 0.1) is 0 Å². The van der Waals surface area contributed by atoms with E-state index in [0.717, 1.165) is 16.8 Å². The summed E-state index contributed by atoms with van der Waals surface area (Å²) in [6.07, 6.45) is 1.08. The molecule has 0 saturated heterocycles. The van der Waals surface area contributed by atoms with Crippen LogP contribution in [0.25, 0.3) is 11.4 Å². The van der Waals surface area contributed by atoms with Gasteiger partial charge < -0.3 is 5.32 Å². The van der Waals surface area contributed by atoms with Crippen molar-refractivity contribution in [3.8, 4) is 11.4 Å². The number of carbonyl (C=O) groups is 2. The molecule has 1 aromatic heterocycles. The molecule has 1 aliphatic rings. The van der Waals surface area contributed by atoms with Gasteiger partial charge in [0.15, 0.2) is 5.78 Å². The Morgan fingerprint density at radius 1 is 1.12 bits per heavy atom. The van der Waals surface area contributed by atoms with Crippen LogP contribution in [0.4, 0.5) is 5.69 Å². The number of aryl methyl sites for hydroxylation is 1. The number of amides is 1. The van der Waals surface area contributed by atoms with Crippen molar-refractivity contribution in [1.82, 2.24) is 20.2 Å². The number of anilines is 1. The zero-order valence-electron chi connectivity index (χ0n) is 13.3. The van der Waals surface area contributed by atoms with Crippen LogP contribution < -0.4 is 5.32 Å². The number of tetrazole rings is 1. The second kappa shape index (κ2) is 6.27. The fourth-order valence-corrected chi connectivity index (χ4v) is 2.79. The van der Waals surface area contributed by atoms with Crippen LogP contribution in [-0.4, -0.2) is 31.9 Å². The van der Waals surface area contributed by atoms with Gasteiger partial charge in [-0.2, -0.15) is 4.80 Å². The largest absolute Gasteiger partial charge is 0.326 e. The van der Waals surface area contributed by atoms with E-state index in [4.69, 9.17) is 0 Å². The van der Waals surface area contributed by atoms with E-state index in [1.165, 1.54) is 4.80 Å². The molecule has 3 aromatic rings. The van der Waals surface area contributed by atoms with Crippen LogP contribution in [0.3, 0.4) is 0 Å². The van der Waals surface area contributed by atoms with E-state index < -0.39 is 0 Å². The third-order valence-corrected chi connectivity index (χ3v) is 4.09. The van der Waals surface area contributed by atoms with Crippen LogP contribution in [0.15, 0.2) is 48.5 Å². The summed E-state index contributed by atoms with van der Waals surface area (Å²) >= 11 is 0. The quantitative estimate of drug-likeness (QED) is 0.739. The smallest absolute Gasteiger partial charge is 0.224 e. The lowest BCUT2D eigenvalue weighted by Gasteiger charge is -2.17. The molecule has 1 N–H and O–H groups in total. The summed E-state index contributed by atoms with van der Waals surface area (Å²) in [5, 5.41) is 15.0. The topological polar surface area (TPSA) is 89.8 Å². The Morgan fingerprint density at radius 2 is 1.96 bits per heavy atom. The number of ketones is 1. The Bertz CT molecular complexity index is 949.